The molecule has 2 aromatic carbocycles. The zero-order valence-electron chi connectivity index (χ0n) is 17.1. The molecule has 8 heteroatoms. The Bertz CT molecular complexity index is 1150. The van der Waals surface area contributed by atoms with Gasteiger partial charge in [0, 0.05) is 28.5 Å². The highest BCUT2D eigenvalue weighted by molar-refractivity contribution is 7.99. The van der Waals surface area contributed by atoms with E-state index in [1.54, 1.807) is 24.5 Å². The molecule has 0 saturated carbocycles. The van der Waals surface area contributed by atoms with E-state index in [-0.39, 0.29) is 21.6 Å². The van der Waals surface area contributed by atoms with Gasteiger partial charge in [0.15, 0.2) is 5.03 Å². The fourth-order valence-electron chi connectivity index (χ4n) is 3.56. The molecule has 2 heterocycles. The highest BCUT2D eigenvalue weighted by Crippen LogP contribution is 2.39. The highest BCUT2D eigenvalue weighted by Gasteiger charge is 2.29. The predicted molar refractivity (Wildman–Crippen MR) is 113 cm³/mol. The van der Waals surface area contributed by atoms with E-state index in [4.69, 9.17) is 4.74 Å². The minimum Gasteiger partial charge on any atom is -0.493 e. The Kier molecular flexibility index (Phi) is 5.60. The van der Waals surface area contributed by atoms with Crippen LogP contribution in [0.3, 0.4) is 0 Å². The second-order valence-corrected chi connectivity index (χ2v) is 9.17. The van der Waals surface area contributed by atoms with Gasteiger partial charge in [0.2, 0.25) is 0 Å². The standard InChI is InChI=1S/C23H21F3N2O2S/c1-22(2)9-12-30-19-8-5-16(13-18(19)22)28-11-10-27-20(21(28)29)31-17-6-3-15(4-7-17)14-23(24,25)26/h3-8,10-11,13H,9,12,14H2,1-2H3. The molecule has 0 atom stereocenters. The lowest BCUT2D eigenvalue weighted by Gasteiger charge is -2.32. The smallest absolute Gasteiger partial charge is 0.393 e. The molecule has 0 spiro atoms. The zero-order valence-corrected chi connectivity index (χ0v) is 17.9. The molecule has 0 unspecified atom stereocenters. The maximum Gasteiger partial charge on any atom is 0.393 e. The van der Waals surface area contributed by atoms with E-state index in [2.05, 4.69) is 18.8 Å². The Hall–Kier alpha value is -2.74. The number of halogens is 3. The molecule has 31 heavy (non-hydrogen) atoms. The number of hydrogen-bond acceptors (Lipinski definition) is 4. The van der Waals surface area contributed by atoms with Crippen LogP contribution in [0, 0.1) is 0 Å². The Balaban J connectivity index is 1.62. The summed E-state index contributed by atoms with van der Waals surface area (Å²) in [5.74, 6) is 0.829. The van der Waals surface area contributed by atoms with Gasteiger partial charge < -0.3 is 4.74 Å². The average molecular weight is 446 g/mol. The monoisotopic (exact) mass is 446 g/mol. The van der Waals surface area contributed by atoms with E-state index >= 15 is 0 Å². The van der Waals surface area contributed by atoms with Gasteiger partial charge >= 0.3 is 6.18 Å². The number of rotatable bonds is 4. The van der Waals surface area contributed by atoms with Crippen LogP contribution in [0.15, 0.2) is 69.6 Å². The van der Waals surface area contributed by atoms with E-state index in [1.807, 2.05) is 18.2 Å². The second-order valence-electron chi connectivity index (χ2n) is 8.11. The maximum absolute atomic E-state index is 13.1. The third kappa shape index (κ3) is 4.79. The van der Waals surface area contributed by atoms with Gasteiger partial charge in [0.25, 0.3) is 5.56 Å². The zero-order chi connectivity index (χ0) is 22.2. The Morgan fingerprint density at radius 1 is 1.16 bits per heavy atom. The molecule has 1 aromatic heterocycles. The molecule has 4 nitrogen and oxygen atoms in total. The van der Waals surface area contributed by atoms with Crippen LogP contribution in [0.5, 0.6) is 5.75 Å². The van der Waals surface area contributed by atoms with Gasteiger partial charge in [0.1, 0.15) is 5.75 Å². The molecule has 0 aliphatic carbocycles. The average Bonchev–Trinajstić information content (AvgIpc) is 2.70. The summed E-state index contributed by atoms with van der Waals surface area (Å²) in [7, 11) is 0. The van der Waals surface area contributed by atoms with Gasteiger partial charge in [-0.3, -0.25) is 9.36 Å². The first kappa shape index (κ1) is 21.5. The van der Waals surface area contributed by atoms with Crippen molar-refractivity contribution in [3.05, 3.63) is 76.3 Å². The summed E-state index contributed by atoms with van der Waals surface area (Å²) in [5.41, 5.74) is 1.59. The van der Waals surface area contributed by atoms with Gasteiger partial charge in [-0.2, -0.15) is 13.2 Å². The van der Waals surface area contributed by atoms with Crippen LogP contribution in [0.1, 0.15) is 31.4 Å². The van der Waals surface area contributed by atoms with Crippen molar-refractivity contribution in [2.24, 2.45) is 0 Å². The van der Waals surface area contributed by atoms with Crippen molar-refractivity contribution in [1.29, 1.82) is 0 Å². The van der Waals surface area contributed by atoms with Gasteiger partial charge in [-0.25, -0.2) is 4.98 Å². The minimum atomic E-state index is -4.25. The van der Waals surface area contributed by atoms with Crippen LogP contribution >= 0.6 is 11.8 Å². The molecule has 0 N–H and O–H groups in total. The summed E-state index contributed by atoms with van der Waals surface area (Å²) in [4.78, 5) is 17.9. The van der Waals surface area contributed by atoms with Crippen LogP contribution in [-0.2, 0) is 11.8 Å². The normalized spacial score (nSPS) is 15.3. The van der Waals surface area contributed by atoms with Crippen molar-refractivity contribution in [3.8, 4) is 11.4 Å². The molecule has 0 bridgehead atoms. The molecular formula is C23H21F3N2O2S. The fourth-order valence-corrected chi connectivity index (χ4v) is 4.35. The van der Waals surface area contributed by atoms with Crippen LogP contribution in [0.4, 0.5) is 13.2 Å². The van der Waals surface area contributed by atoms with Gasteiger partial charge in [-0.1, -0.05) is 37.7 Å². The Morgan fingerprint density at radius 3 is 2.61 bits per heavy atom. The lowest BCUT2D eigenvalue weighted by molar-refractivity contribution is -0.127. The SMILES string of the molecule is CC1(C)CCOc2ccc(-n3ccnc(Sc4ccc(CC(F)(F)F)cc4)c3=O)cc21. The molecule has 1 aliphatic rings. The van der Waals surface area contributed by atoms with Crippen molar-refractivity contribution in [2.45, 2.75) is 48.2 Å². The van der Waals surface area contributed by atoms with Crippen LogP contribution < -0.4 is 10.3 Å². The van der Waals surface area contributed by atoms with Gasteiger partial charge in [-0.05, 0) is 47.7 Å². The van der Waals surface area contributed by atoms with Crippen LogP contribution in [-0.4, -0.2) is 22.3 Å². The van der Waals surface area contributed by atoms with Gasteiger partial charge in [0.05, 0.1) is 13.0 Å². The first-order valence-corrected chi connectivity index (χ1v) is 10.6. The molecule has 0 amide bonds. The molecule has 1 aliphatic heterocycles. The number of nitrogens with zero attached hydrogens (tertiary/aromatic N) is 2. The number of alkyl halides is 3. The number of fused-ring (bicyclic) bond motifs is 1. The van der Waals surface area contributed by atoms with Crippen molar-refractivity contribution >= 4 is 11.8 Å². The second kappa shape index (κ2) is 8.07. The van der Waals surface area contributed by atoms with Crippen LogP contribution in [0.25, 0.3) is 5.69 Å². The van der Waals surface area contributed by atoms with Crippen molar-refractivity contribution in [3.63, 3.8) is 0 Å². The number of benzene rings is 2. The maximum atomic E-state index is 13.1. The van der Waals surface area contributed by atoms with Crippen LogP contribution in [0.2, 0.25) is 0 Å². The van der Waals surface area contributed by atoms with Crippen molar-refractivity contribution in [2.75, 3.05) is 6.61 Å². The molecule has 4 rings (SSSR count). The molecule has 0 fully saturated rings. The predicted octanol–water partition coefficient (Wildman–Crippen LogP) is 5.55. The fraction of sp³-hybridized carbons (Fsp3) is 0.304. The molecule has 3 aromatic rings. The molecule has 0 radical (unpaired) electrons. The molecular weight excluding hydrogens is 425 g/mol. The van der Waals surface area contributed by atoms with E-state index in [1.165, 1.54) is 16.7 Å². The van der Waals surface area contributed by atoms with E-state index < -0.39 is 12.6 Å². The number of hydrogen-bond donors (Lipinski definition) is 0. The summed E-state index contributed by atoms with van der Waals surface area (Å²) < 4.78 is 44.9. The van der Waals surface area contributed by atoms with Crippen molar-refractivity contribution in [1.82, 2.24) is 9.55 Å². The Morgan fingerprint density at radius 2 is 1.90 bits per heavy atom. The summed E-state index contributed by atoms with van der Waals surface area (Å²) >= 11 is 1.13. The lowest BCUT2D eigenvalue weighted by Crippen LogP contribution is -2.27. The summed E-state index contributed by atoms with van der Waals surface area (Å²) in [5, 5.41) is 0.249. The quantitative estimate of drug-likeness (QED) is 0.527. The summed E-state index contributed by atoms with van der Waals surface area (Å²) in [6, 6.07) is 11.7. The third-order valence-electron chi connectivity index (χ3n) is 5.31. The molecule has 162 valence electrons. The largest absolute Gasteiger partial charge is 0.493 e. The van der Waals surface area contributed by atoms with Crippen molar-refractivity contribution < 1.29 is 17.9 Å². The number of aromatic nitrogens is 2. The lowest BCUT2D eigenvalue weighted by atomic mass is 9.79. The van der Waals surface area contributed by atoms with E-state index in [0.29, 0.717) is 17.2 Å². The Labute approximate surface area is 182 Å². The van der Waals surface area contributed by atoms with Gasteiger partial charge in [-0.15, -0.1) is 0 Å². The number of ether oxygens (including phenoxy) is 1. The van der Waals surface area contributed by atoms with E-state index in [9.17, 15) is 18.0 Å². The van der Waals surface area contributed by atoms with E-state index in [0.717, 1.165) is 29.5 Å². The molecule has 0 saturated heterocycles. The highest BCUT2D eigenvalue weighted by atomic mass is 32.2. The summed E-state index contributed by atoms with van der Waals surface area (Å²) in [6.07, 6.45) is -1.19. The topological polar surface area (TPSA) is 44.1 Å². The summed E-state index contributed by atoms with van der Waals surface area (Å²) in [6.45, 7) is 4.96. The minimum absolute atomic E-state index is 0.0596. The first-order chi connectivity index (χ1) is 14.6. The third-order valence-corrected chi connectivity index (χ3v) is 6.29. The first-order valence-electron chi connectivity index (χ1n) is 9.81.